The molecule has 0 saturated heterocycles. The molecule has 0 atom stereocenters. The number of hydrogen-bond acceptors (Lipinski definition) is 3. The predicted molar refractivity (Wildman–Crippen MR) is 82.4 cm³/mol. The van der Waals surface area contributed by atoms with E-state index in [9.17, 15) is 4.79 Å². The Morgan fingerprint density at radius 2 is 2.10 bits per heavy atom. The molecule has 4 heteroatoms. The van der Waals surface area contributed by atoms with Crippen LogP contribution in [0, 0.1) is 5.41 Å². The summed E-state index contributed by atoms with van der Waals surface area (Å²) in [4.78, 5) is 11.9. The molecule has 4 nitrogen and oxygen atoms in total. The van der Waals surface area contributed by atoms with E-state index in [2.05, 4.69) is 19.2 Å². The van der Waals surface area contributed by atoms with Gasteiger partial charge in [0.15, 0.2) is 6.61 Å². The van der Waals surface area contributed by atoms with Gasteiger partial charge in [-0.1, -0.05) is 32.0 Å². The van der Waals surface area contributed by atoms with Crippen molar-refractivity contribution in [3.63, 3.8) is 0 Å². The second kappa shape index (κ2) is 6.94. The Hall–Kier alpha value is -1.55. The van der Waals surface area contributed by atoms with E-state index in [1.54, 1.807) is 0 Å². The Balaban J connectivity index is 1.79. The summed E-state index contributed by atoms with van der Waals surface area (Å²) in [5.74, 6) is 1.04. The molecular weight excluding hydrogens is 266 g/mol. The molecular formula is C17H25NO3. The molecule has 1 aliphatic rings. The Bertz CT molecular complexity index is 481. The monoisotopic (exact) mass is 291 g/mol. The second-order valence-electron chi connectivity index (χ2n) is 6.23. The van der Waals surface area contributed by atoms with Gasteiger partial charge < -0.3 is 15.2 Å². The first-order valence-electron chi connectivity index (χ1n) is 7.66. The summed E-state index contributed by atoms with van der Waals surface area (Å²) >= 11 is 0. The maximum absolute atomic E-state index is 11.9. The highest BCUT2D eigenvalue weighted by molar-refractivity contribution is 5.77. The number of amides is 1. The third-order valence-corrected chi connectivity index (χ3v) is 4.16. The van der Waals surface area contributed by atoms with Crippen molar-refractivity contribution in [3.8, 4) is 5.75 Å². The van der Waals surface area contributed by atoms with Crippen molar-refractivity contribution in [2.75, 3.05) is 19.8 Å². The highest BCUT2D eigenvalue weighted by Crippen LogP contribution is 2.47. The number of ether oxygens (including phenoxy) is 1. The van der Waals surface area contributed by atoms with Crippen LogP contribution in [0.5, 0.6) is 5.75 Å². The normalized spacial score (nSPS) is 15.8. The van der Waals surface area contributed by atoms with E-state index in [4.69, 9.17) is 9.84 Å². The van der Waals surface area contributed by atoms with E-state index >= 15 is 0 Å². The van der Waals surface area contributed by atoms with Crippen molar-refractivity contribution in [2.45, 2.75) is 39.0 Å². The van der Waals surface area contributed by atoms with E-state index in [0.717, 1.165) is 30.6 Å². The standard InChI is InChI=1S/C17H25NO3/c1-13(2)14-5-3-4-6-15(14)21-11-16(20)18-12-17(7-8-17)9-10-19/h3-6,13,19H,7-12H2,1-2H3,(H,18,20). The van der Waals surface area contributed by atoms with E-state index in [-0.39, 0.29) is 24.5 Å². The van der Waals surface area contributed by atoms with Crippen LogP contribution < -0.4 is 10.1 Å². The van der Waals surface area contributed by atoms with Gasteiger partial charge in [-0.3, -0.25) is 4.79 Å². The first kappa shape index (κ1) is 15.8. The number of carbonyl (C=O) groups is 1. The first-order valence-corrected chi connectivity index (χ1v) is 7.66. The molecule has 0 heterocycles. The third-order valence-electron chi connectivity index (χ3n) is 4.16. The fourth-order valence-electron chi connectivity index (χ4n) is 2.50. The highest BCUT2D eigenvalue weighted by atomic mass is 16.5. The lowest BCUT2D eigenvalue weighted by molar-refractivity contribution is -0.123. The van der Waals surface area contributed by atoms with Crippen LogP contribution in [-0.2, 0) is 4.79 Å². The average molecular weight is 291 g/mol. The topological polar surface area (TPSA) is 58.6 Å². The minimum absolute atomic E-state index is 0.0406. The maximum atomic E-state index is 11.9. The Labute approximate surface area is 126 Å². The van der Waals surface area contributed by atoms with Crippen molar-refractivity contribution in [1.29, 1.82) is 0 Å². The Morgan fingerprint density at radius 3 is 2.71 bits per heavy atom. The molecule has 0 unspecified atom stereocenters. The summed E-state index contributed by atoms with van der Waals surface area (Å²) < 4.78 is 5.64. The molecule has 0 aromatic heterocycles. The SMILES string of the molecule is CC(C)c1ccccc1OCC(=O)NCC1(CCO)CC1. The smallest absolute Gasteiger partial charge is 0.257 e. The van der Waals surface area contributed by atoms with Crippen LogP contribution in [0.25, 0.3) is 0 Å². The summed E-state index contributed by atoms with van der Waals surface area (Å²) in [6, 6.07) is 7.82. The van der Waals surface area contributed by atoms with Crippen molar-refractivity contribution in [3.05, 3.63) is 29.8 Å². The van der Waals surface area contributed by atoms with E-state index in [0.29, 0.717) is 12.5 Å². The largest absolute Gasteiger partial charge is 0.483 e. The number of rotatable bonds is 8. The van der Waals surface area contributed by atoms with Crippen LogP contribution in [0.15, 0.2) is 24.3 Å². The molecule has 0 radical (unpaired) electrons. The van der Waals surface area contributed by atoms with Gasteiger partial charge in [0.25, 0.3) is 5.91 Å². The summed E-state index contributed by atoms with van der Waals surface area (Å²) in [5.41, 5.74) is 1.25. The van der Waals surface area contributed by atoms with Crippen molar-refractivity contribution >= 4 is 5.91 Å². The molecule has 1 aliphatic carbocycles. The van der Waals surface area contributed by atoms with Gasteiger partial charge in [-0.25, -0.2) is 0 Å². The summed E-state index contributed by atoms with van der Waals surface area (Å²) in [6.45, 7) is 5.08. The molecule has 0 aliphatic heterocycles. The number of carbonyl (C=O) groups excluding carboxylic acids is 1. The van der Waals surface area contributed by atoms with Crippen molar-refractivity contribution in [1.82, 2.24) is 5.32 Å². The van der Waals surface area contributed by atoms with Gasteiger partial charge in [0.2, 0.25) is 0 Å². The number of aliphatic hydroxyl groups is 1. The molecule has 0 bridgehead atoms. The van der Waals surface area contributed by atoms with Crippen LogP contribution in [0.4, 0.5) is 0 Å². The van der Waals surface area contributed by atoms with Gasteiger partial charge in [0.05, 0.1) is 0 Å². The predicted octanol–water partition coefficient (Wildman–Crippen LogP) is 2.47. The molecule has 116 valence electrons. The fraction of sp³-hybridized carbons (Fsp3) is 0.588. The minimum atomic E-state index is -0.0993. The zero-order chi connectivity index (χ0) is 15.3. The zero-order valence-electron chi connectivity index (χ0n) is 12.9. The molecule has 1 aromatic carbocycles. The van der Waals surface area contributed by atoms with Crippen molar-refractivity contribution < 1.29 is 14.6 Å². The third kappa shape index (κ3) is 4.46. The summed E-state index contributed by atoms with van der Waals surface area (Å²) in [5, 5.41) is 11.9. The molecule has 1 amide bonds. The van der Waals surface area contributed by atoms with Crippen molar-refractivity contribution in [2.24, 2.45) is 5.41 Å². The summed E-state index contributed by atoms with van der Waals surface area (Å²) in [6.07, 6.45) is 2.94. The average Bonchev–Trinajstić information content (AvgIpc) is 3.24. The molecule has 0 spiro atoms. The number of para-hydroxylation sites is 1. The van der Waals surface area contributed by atoms with Gasteiger partial charge in [0.1, 0.15) is 5.75 Å². The molecule has 1 saturated carbocycles. The quantitative estimate of drug-likeness (QED) is 0.773. The van der Waals surface area contributed by atoms with E-state index < -0.39 is 0 Å². The molecule has 1 aromatic rings. The lowest BCUT2D eigenvalue weighted by Gasteiger charge is -2.16. The summed E-state index contributed by atoms with van der Waals surface area (Å²) in [7, 11) is 0. The first-order chi connectivity index (χ1) is 10.1. The number of nitrogens with one attached hydrogen (secondary N) is 1. The van der Waals surface area contributed by atoms with Crippen LogP contribution in [-0.4, -0.2) is 30.8 Å². The lowest BCUT2D eigenvalue weighted by Crippen LogP contribution is -2.34. The van der Waals surface area contributed by atoms with Gasteiger partial charge in [-0.2, -0.15) is 0 Å². The van der Waals surface area contributed by atoms with Gasteiger partial charge in [0, 0.05) is 13.2 Å². The molecule has 21 heavy (non-hydrogen) atoms. The molecule has 2 rings (SSSR count). The number of hydrogen-bond donors (Lipinski definition) is 2. The second-order valence-corrected chi connectivity index (χ2v) is 6.23. The van der Waals surface area contributed by atoms with Crippen LogP contribution in [0.3, 0.4) is 0 Å². The van der Waals surface area contributed by atoms with Crippen LogP contribution >= 0.6 is 0 Å². The Morgan fingerprint density at radius 1 is 1.38 bits per heavy atom. The van der Waals surface area contributed by atoms with Gasteiger partial charge in [-0.05, 0) is 42.2 Å². The Kier molecular flexibility index (Phi) is 5.23. The fourth-order valence-corrected chi connectivity index (χ4v) is 2.50. The molecule has 2 N–H and O–H groups in total. The number of aliphatic hydroxyl groups excluding tert-OH is 1. The molecule has 1 fully saturated rings. The van der Waals surface area contributed by atoms with E-state index in [1.165, 1.54) is 0 Å². The number of benzene rings is 1. The maximum Gasteiger partial charge on any atom is 0.257 e. The van der Waals surface area contributed by atoms with Crippen LogP contribution in [0.2, 0.25) is 0 Å². The van der Waals surface area contributed by atoms with E-state index in [1.807, 2.05) is 24.3 Å². The van der Waals surface area contributed by atoms with Gasteiger partial charge >= 0.3 is 0 Å². The van der Waals surface area contributed by atoms with Crippen LogP contribution in [0.1, 0.15) is 44.6 Å². The highest BCUT2D eigenvalue weighted by Gasteiger charge is 2.41. The lowest BCUT2D eigenvalue weighted by atomic mass is 10.0. The van der Waals surface area contributed by atoms with Gasteiger partial charge in [-0.15, -0.1) is 0 Å². The zero-order valence-corrected chi connectivity index (χ0v) is 12.9. The minimum Gasteiger partial charge on any atom is -0.483 e.